The summed E-state index contributed by atoms with van der Waals surface area (Å²) < 4.78 is 10.7. The standard InChI is InChI=1S/C21H24N2O6/c1-14-11-15(2)16(3)19(12-14)28-10-4-9-22-20(24)13-29-21(25)17-5-7-18(8-6-17)23(26)27/h5-8,11-12H,4,9-10,13H2,1-3H3,(H,22,24). The van der Waals surface area contributed by atoms with Crippen LogP contribution < -0.4 is 10.1 Å². The van der Waals surface area contributed by atoms with Gasteiger partial charge >= 0.3 is 5.97 Å². The zero-order valence-corrected chi connectivity index (χ0v) is 16.7. The Labute approximate surface area is 169 Å². The largest absolute Gasteiger partial charge is 0.493 e. The molecule has 0 saturated heterocycles. The number of carbonyl (C=O) groups excluding carboxylic acids is 2. The highest BCUT2D eigenvalue weighted by molar-refractivity contribution is 5.91. The number of rotatable bonds is 9. The number of nitrogens with zero attached hydrogens (tertiary/aromatic N) is 1. The Morgan fingerprint density at radius 3 is 2.45 bits per heavy atom. The number of hydrogen-bond acceptors (Lipinski definition) is 6. The van der Waals surface area contributed by atoms with Crippen LogP contribution in [0.2, 0.25) is 0 Å². The fourth-order valence-corrected chi connectivity index (χ4v) is 2.62. The van der Waals surface area contributed by atoms with Gasteiger partial charge in [-0.1, -0.05) is 6.07 Å². The van der Waals surface area contributed by atoms with Gasteiger partial charge in [0.05, 0.1) is 17.1 Å². The highest BCUT2D eigenvalue weighted by Gasteiger charge is 2.12. The first kappa shape index (κ1) is 21.9. The molecule has 2 rings (SSSR count). The Morgan fingerprint density at radius 1 is 1.10 bits per heavy atom. The summed E-state index contributed by atoms with van der Waals surface area (Å²) in [6, 6.07) is 9.05. The van der Waals surface area contributed by atoms with Crippen molar-refractivity contribution in [3.05, 3.63) is 68.8 Å². The van der Waals surface area contributed by atoms with Gasteiger partial charge in [-0.3, -0.25) is 14.9 Å². The second-order valence-electron chi connectivity index (χ2n) is 6.64. The number of non-ortho nitro benzene ring substituents is 1. The molecule has 1 amide bonds. The van der Waals surface area contributed by atoms with Crippen molar-refractivity contribution in [1.82, 2.24) is 5.32 Å². The normalized spacial score (nSPS) is 10.3. The third-order valence-electron chi connectivity index (χ3n) is 4.31. The third kappa shape index (κ3) is 6.60. The van der Waals surface area contributed by atoms with Crippen LogP contribution in [0.1, 0.15) is 33.5 Å². The molecule has 8 nitrogen and oxygen atoms in total. The minimum atomic E-state index is -0.719. The SMILES string of the molecule is Cc1cc(C)c(C)c(OCCCNC(=O)COC(=O)c2ccc([N+](=O)[O-])cc2)c1. The van der Waals surface area contributed by atoms with Crippen molar-refractivity contribution in [1.29, 1.82) is 0 Å². The predicted molar refractivity (Wildman–Crippen MR) is 107 cm³/mol. The number of nitro groups is 1. The fourth-order valence-electron chi connectivity index (χ4n) is 2.62. The van der Waals surface area contributed by atoms with Gasteiger partial charge in [-0.15, -0.1) is 0 Å². The molecule has 8 heteroatoms. The van der Waals surface area contributed by atoms with Crippen LogP contribution in [0.5, 0.6) is 5.75 Å². The van der Waals surface area contributed by atoms with Crippen LogP contribution in [0, 0.1) is 30.9 Å². The molecule has 29 heavy (non-hydrogen) atoms. The number of hydrogen-bond donors (Lipinski definition) is 1. The highest BCUT2D eigenvalue weighted by atomic mass is 16.6. The summed E-state index contributed by atoms with van der Waals surface area (Å²) in [4.78, 5) is 33.7. The molecule has 0 saturated carbocycles. The zero-order chi connectivity index (χ0) is 21.4. The van der Waals surface area contributed by atoms with Crippen molar-refractivity contribution in [3.8, 4) is 5.75 Å². The summed E-state index contributed by atoms with van der Waals surface area (Å²) in [5.41, 5.74) is 3.41. The summed E-state index contributed by atoms with van der Waals surface area (Å²) in [5, 5.41) is 13.3. The molecular weight excluding hydrogens is 376 g/mol. The average molecular weight is 400 g/mol. The van der Waals surface area contributed by atoms with E-state index in [0.29, 0.717) is 19.6 Å². The van der Waals surface area contributed by atoms with Gasteiger partial charge < -0.3 is 14.8 Å². The van der Waals surface area contributed by atoms with Crippen molar-refractivity contribution in [2.75, 3.05) is 19.8 Å². The summed E-state index contributed by atoms with van der Waals surface area (Å²) in [6.45, 7) is 6.47. The summed E-state index contributed by atoms with van der Waals surface area (Å²) in [7, 11) is 0. The molecule has 0 radical (unpaired) electrons. The van der Waals surface area contributed by atoms with Gasteiger partial charge in [-0.05, 0) is 62.1 Å². The molecule has 0 aliphatic rings. The van der Waals surface area contributed by atoms with Crippen molar-refractivity contribution in [2.45, 2.75) is 27.2 Å². The number of nitro benzene ring substituents is 1. The van der Waals surface area contributed by atoms with Gasteiger partial charge in [0.2, 0.25) is 0 Å². The quantitative estimate of drug-likeness (QED) is 0.300. The first-order valence-electron chi connectivity index (χ1n) is 9.17. The van der Waals surface area contributed by atoms with Crippen LogP contribution >= 0.6 is 0 Å². The summed E-state index contributed by atoms with van der Waals surface area (Å²) in [6.07, 6.45) is 0.606. The Kier molecular flexibility index (Phi) is 7.70. The van der Waals surface area contributed by atoms with Gasteiger partial charge in [-0.2, -0.15) is 0 Å². The number of carbonyl (C=O) groups is 2. The predicted octanol–water partition coefficient (Wildman–Crippen LogP) is 3.26. The van der Waals surface area contributed by atoms with Crippen LogP contribution in [0.4, 0.5) is 5.69 Å². The van der Waals surface area contributed by atoms with E-state index in [1.807, 2.05) is 26.8 Å². The Bertz CT molecular complexity index is 893. The average Bonchev–Trinajstić information content (AvgIpc) is 2.69. The smallest absolute Gasteiger partial charge is 0.338 e. The number of aryl methyl sites for hydroxylation is 2. The van der Waals surface area contributed by atoms with E-state index in [-0.39, 0.29) is 11.3 Å². The van der Waals surface area contributed by atoms with Crippen LogP contribution in [0.25, 0.3) is 0 Å². The molecule has 0 aromatic heterocycles. The Balaban J connectivity index is 1.67. The van der Waals surface area contributed by atoms with Gasteiger partial charge in [-0.25, -0.2) is 4.79 Å². The molecule has 0 aliphatic heterocycles. The van der Waals surface area contributed by atoms with E-state index in [2.05, 4.69) is 11.4 Å². The number of amides is 1. The maximum Gasteiger partial charge on any atom is 0.338 e. The third-order valence-corrected chi connectivity index (χ3v) is 4.31. The van der Waals surface area contributed by atoms with E-state index in [9.17, 15) is 19.7 Å². The number of nitrogens with one attached hydrogen (secondary N) is 1. The fraction of sp³-hybridized carbons (Fsp3) is 0.333. The molecule has 0 spiro atoms. The molecule has 0 aliphatic carbocycles. The Morgan fingerprint density at radius 2 is 1.79 bits per heavy atom. The lowest BCUT2D eigenvalue weighted by Crippen LogP contribution is -2.30. The van der Waals surface area contributed by atoms with Crippen molar-refractivity contribution in [2.24, 2.45) is 0 Å². The second kappa shape index (κ2) is 10.2. The molecule has 0 heterocycles. The molecule has 2 aromatic carbocycles. The monoisotopic (exact) mass is 400 g/mol. The topological polar surface area (TPSA) is 108 Å². The van der Waals surface area contributed by atoms with E-state index in [0.717, 1.165) is 16.9 Å². The lowest BCUT2D eigenvalue weighted by Gasteiger charge is -2.12. The van der Waals surface area contributed by atoms with Crippen LogP contribution in [0.15, 0.2) is 36.4 Å². The van der Waals surface area contributed by atoms with Gasteiger partial charge in [0.1, 0.15) is 5.75 Å². The van der Waals surface area contributed by atoms with Gasteiger partial charge in [0, 0.05) is 18.7 Å². The molecule has 154 valence electrons. The van der Waals surface area contributed by atoms with E-state index in [1.54, 1.807) is 0 Å². The molecule has 1 N–H and O–H groups in total. The molecule has 0 unspecified atom stereocenters. The van der Waals surface area contributed by atoms with E-state index in [4.69, 9.17) is 9.47 Å². The molecule has 0 fully saturated rings. The maximum atomic E-state index is 11.9. The highest BCUT2D eigenvalue weighted by Crippen LogP contribution is 2.23. The number of benzene rings is 2. The first-order chi connectivity index (χ1) is 13.8. The number of ether oxygens (including phenoxy) is 2. The van der Waals surface area contributed by atoms with Crippen LogP contribution in [-0.4, -0.2) is 36.6 Å². The minimum Gasteiger partial charge on any atom is -0.493 e. The van der Waals surface area contributed by atoms with E-state index in [1.165, 1.54) is 29.8 Å². The molecule has 2 aromatic rings. The first-order valence-corrected chi connectivity index (χ1v) is 9.17. The van der Waals surface area contributed by atoms with Crippen molar-refractivity contribution >= 4 is 17.6 Å². The zero-order valence-electron chi connectivity index (χ0n) is 16.7. The van der Waals surface area contributed by atoms with E-state index < -0.39 is 23.4 Å². The van der Waals surface area contributed by atoms with Crippen molar-refractivity contribution in [3.63, 3.8) is 0 Å². The summed E-state index contributed by atoms with van der Waals surface area (Å²) >= 11 is 0. The molecule has 0 atom stereocenters. The van der Waals surface area contributed by atoms with Gasteiger partial charge in [0.25, 0.3) is 11.6 Å². The van der Waals surface area contributed by atoms with Gasteiger partial charge in [0.15, 0.2) is 6.61 Å². The summed E-state index contributed by atoms with van der Waals surface area (Å²) in [5.74, 6) is -0.308. The lowest BCUT2D eigenvalue weighted by atomic mass is 10.1. The lowest BCUT2D eigenvalue weighted by molar-refractivity contribution is -0.384. The maximum absolute atomic E-state index is 11.9. The van der Waals surface area contributed by atoms with Crippen molar-refractivity contribution < 1.29 is 24.0 Å². The molecular formula is C21H24N2O6. The van der Waals surface area contributed by atoms with E-state index >= 15 is 0 Å². The Hall–Kier alpha value is -3.42. The minimum absolute atomic E-state index is 0.127. The van der Waals surface area contributed by atoms with Crippen LogP contribution in [-0.2, 0) is 9.53 Å². The second-order valence-corrected chi connectivity index (χ2v) is 6.64. The molecule has 0 bridgehead atoms. The van der Waals surface area contributed by atoms with Crippen LogP contribution in [0.3, 0.4) is 0 Å². The number of esters is 1.